The van der Waals surface area contributed by atoms with E-state index in [1.807, 2.05) is 12.1 Å². The first kappa shape index (κ1) is 17.7. The van der Waals surface area contributed by atoms with Gasteiger partial charge in [0.2, 0.25) is 0 Å². The van der Waals surface area contributed by atoms with Gasteiger partial charge in [-0.15, -0.1) is 0 Å². The summed E-state index contributed by atoms with van der Waals surface area (Å²) in [4.78, 5) is 20.1. The van der Waals surface area contributed by atoms with Crippen molar-refractivity contribution in [3.05, 3.63) is 30.9 Å². The lowest BCUT2D eigenvalue weighted by molar-refractivity contribution is 0.0706. The van der Waals surface area contributed by atoms with Gasteiger partial charge in [-0.2, -0.15) is 11.8 Å². The third kappa shape index (κ3) is 3.99. The number of hydrogen-bond donors (Lipinski definition) is 1. The Bertz CT molecular complexity index is 698. The summed E-state index contributed by atoms with van der Waals surface area (Å²) in [6.45, 7) is 3.36. The molecule has 0 unspecified atom stereocenters. The van der Waals surface area contributed by atoms with Crippen LogP contribution in [0, 0.1) is 0 Å². The Labute approximate surface area is 159 Å². The third-order valence-electron chi connectivity index (χ3n) is 5.53. The summed E-state index contributed by atoms with van der Waals surface area (Å²) in [6.07, 6.45) is 11.7. The number of aromatic nitrogens is 4. The standard InChI is InChI=1S/C19H26N6S/c1-2-5-19(6-3-1,25-9-11-26-12-10-25)14-22-17-13-16(23-15-24-17)18-20-7-4-8-21-18/h4,7-8,13,15H,1-3,5-6,9-12,14H2,(H,22,23,24). The molecule has 0 atom stereocenters. The molecular weight excluding hydrogens is 344 g/mol. The van der Waals surface area contributed by atoms with Crippen molar-refractivity contribution in [2.75, 3.05) is 36.5 Å². The highest BCUT2D eigenvalue weighted by atomic mass is 32.2. The average molecular weight is 371 g/mol. The summed E-state index contributed by atoms with van der Waals surface area (Å²) in [7, 11) is 0. The van der Waals surface area contributed by atoms with Crippen molar-refractivity contribution in [3.63, 3.8) is 0 Å². The molecule has 0 spiro atoms. The topological polar surface area (TPSA) is 66.8 Å². The number of nitrogens with one attached hydrogen (secondary N) is 1. The molecule has 2 aromatic heterocycles. The molecule has 1 saturated carbocycles. The van der Waals surface area contributed by atoms with E-state index in [0.717, 1.165) is 18.1 Å². The summed E-state index contributed by atoms with van der Waals surface area (Å²) in [5.41, 5.74) is 1.03. The van der Waals surface area contributed by atoms with E-state index >= 15 is 0 Å². The summed E-state index contributed by atoms with van der Waals surface area (Å²) < 4.78 is 0. The van der Waals surface area contributed by atoms with E-state index in [0.29, 0.717) is 5.82 Å². The molecule has 26 heavy (non-hydrogen) atoms. The minimum Gasteiger partial charge on any atom is -0.368 e. The zero-order valence-electron chi connectivity index (χ0n) is 15.1. The van der Waals surface area contributed by atoms with Gasteiger partial charge in [0.15, 0.2) is 5.82 Å². The van der Waals surface area contributed by atoms with Gasteiger partial charge in [0.25, 0.3) is 0 Å². The zero-order valence-corrected chi connectivity index (χ0v) is 15.9. The van der Waals surface area contributed by atoms with E-state index in [-0.39, 0.29) is 5.54 Å². The van der Waals surface area contributed by atoms with Crippen molar-refractivity contribution < 1.29 is 0 Å². The van der Waals surface area contributed by atoms with Crippen molar-refractivity contribution >= 4 is 17.6 Å². The molecule has 1 saturated heterocycles. The SMILES string of the molecule is c1cnc(-c2cc(NCC3(N4CCSCC4)CCCCC3)ncn2)nc1. The van der Waals surface area contributed by atoms with E-state index < -0.39 is 0 Å². The maximum Gasteiger partial charge on any atom is 0.178 e. The highest BCUT2D eigenvalue weighted by Crippen LogP contribution is 2.35. The predicted molar refractivity (Wildman–Crippen MR) is 106 cm³/mol. The fourth-order valence-electron chi connectivity index (χ4n) is 4.12. The maximum absolute atomic E-state index is 4.43. The first-order valence-electron chi connectivity index (χ1n) is 9.52. The summed E-state index contributed by atoms with van der Waals surface area (Å²) in [5, 5.41) is 3.61. The molecule has 2 fully saturated rings. The number of anilines is 1. The zero-order chi connectivity index (χ0) is 17.7. The quantitative estimate of drug-likeness (QED) is 0.867. The summed E-state index contributed by atoms with van der Waals surface area (Å²) in [6, 6.07) is 3.77. The molecule has 0 amide bonds. The second kappa shape index (κ2) is 8.31. The monoisotopic (exact) mass is 370 g/mol. The van der Waals surface area contributed by atoms with Crippen LogP contribution in [-0.2, 0) is 0 Å². The van der Waals surface area contributed by atoms with E-state index in [2.05, 4.69) is 41.9 Å². The molecule has 2 aromatic rings. The lowest BCUT2D eigenvalue weighted by Crippen LogP contribution is -2.57. The highest BCUT2D eigenvalue weighted by Gasteiger charge is 2.38. The van der Waals surface area contributed by atoms with E-state index in [1.165, 1.54) is 56.7 Å². The first-order chi connectivity index (χ1) is 12.9. The van der Waals surface area contributed by atoms with Crippen LogP contribution >= 0.6 is 11.8 Å². The largest absolute Gasteiger partial charge is 0.368 e. The van der Waals surface area contributed by atoms with Gasteiger partial charge in [-0.05, 0) is 18.9 Å². The average Bonchev–Trinajstić information content (AvgIpc) is 2.74. The third-order valence-corrected chi connectivity index (χ3v) is 6.47. The molecular formula is C19H26N6S. The smallest absolute Gasteiger partial charge is 0.178 e. The fourth-order valence-corrected chi connectivity index (χ4v) is 5.02. The van der Waals surface area contributed by atoms with Gasteiger partial charge in [0, 0.05) is 55.1 Å². The van der Waals surface area contributed by atoms with Crippen LogP contribution in [0.5, 0.6) is 0 Å². The van der Waals surface area contributed by atoms with Crippen molar-refractivity contribution in [1.82, 2.24) is 24.8 Å². The van der Waals surface area contributed by atoms with Crippen molar-refractivity contribution in [2.24, 2.45) is 0 Å². The van der Waals surface area contributed by atoms with Crippen molar-refractivity contribution in [1.29, 1.82) is 0 Å². The Morgan fingerprint density at radius 1 is 1.00 bits per heavy atom. The molecule has 7 heteroatoms. The van der Waals surface area contributed by atoms with Gasteiger partial charge in [-0.1, -0.05) is 19.3 Å². The Balaban J connectivity index is 1.49. The Hall–Kier alpha value is -1.73. The molecule has 0 aromatic carbocycles. The number of nitrogens with zero attached hydrogens (tertiary/aromatic N) is 5. The van der Waals surface area contributed by atoms with E-state index in [4.69, 9.17) is 0 Å². The maximum atomic E-state index is 4.43. The second-order valence-corrected chi connectivity index (χ2v) is 8.32. The fraction of sp³-hybridized carbons (Fsp3) is 0.579. The van der Waals surface area contributed by atoms with Crippen LogP contribution in [0.4, 0.5) is 5.82 Å². The van der Waals surface area contributed by atoms with Gasteiger partial charge < -0.3 is 5.32 Å². The Morgan fingerprint density at radius 2 is 1.77 bits per heavy atom. The molecule has 1 N–H and O–H groups in total. The van der Waals surface area contributed by atoms with Gasteiger partial charge in [0.1, 0.15) is 17.8 Å². The minimum atomic E-state index is 0.271. The molecule has 2 aliphatic rings. The van der Waals surface area contributed by atoms with Gasteiger partial charge in [-0.25, -0.2) is 19.9 Å². The predicted octanol–water partition coefficient (Wildman–Crippen LogP) is 3.10. The molecule has 0 bridgehead atoms. The van der Waals surface area contributed by atoms with Crippen LogP contribution in [0.3, 0.4) is 0 Å². The number of hydrogen-bond acceptors (Lipinski definition) is 7. The highest BCUT2D eigenvalue weighted by molar-refractivity contribution is 7.99. The van der Waals surface area contributed by atoms with Crippen LogP contribution in [0.15, 0.2) is 30.9 Å². The Kier molecular flexibility index (Phi) is 5.65. The molecule has 4 rings (SSSR count). The van der Waals surface area contributed by atoms with E-state index in [1.54, 1.807) is 18.7 Å². The van der Waals surface area contributed by atoms with Crippen LogP contribution < -0.4 is 5.32 Å². The molecule has 138 valence electrons. The Morgan fingerprint density at radius 3 is 2.54 bits per heavy atom. The summed E-state index contributed by atoms with van der Waals surface area (Å²) >= 11 is 2.08. The lowest BCUT2D eigenvalue weighted by Gasteiger charge is -2.48. The lowest BCUT2D eigenvalue weighted by atomic mass is 9.80. The summed E-state index contributed by atoms with van der Waals surface area (Å²) in [5.74, 6) is 4.01. The van der Waals surface area contributed by atoms with E-state index in [9.17, 15) is 0 Å². The normalized spacial score (nSPS) is 20.6. The van der Waals surface area contributed by atoms with Gasteiger partial charge in [0.05, 0.1) is 0 Å². The molecule has 1 aliphatic carbocycles. The number of thioether (sulfide) groups is 1. The molecule has 6 nitrogen and oxygen atoms in total. The molecule has 1 aliphatic heterocycles. The van der Waals surface area contributed by atoms with Gasteiger partial charge >= 0.3 is 0 Å². The van der Waals surface area contributed by atoms with Crippen molar-refractivity contribution in [3.8, 4) is 11.5 Å². The molecule has 3 heterocycles. The molecule has 0 radical (unpaired) electrons. The van der Waals surface area contributed by atoms with Crippen LogP contribution in [0.1, 0.15) is 32.1 Å². The minimum absolute atomic E-state index is 0.271. The van der Waals surface area contributed by atoms with Crippen LogP contribution in [-0.4, -0.2) is 61.5 Å². The van der Waals surface area contributed by atoms with Gasteiger partial charge in [-0.3, -0.25) is 4.90 Å². The van der Waals surface area contributed by atoms with Crippen LogP contribution in [0.25, 0.3) is 11.5 Å². The van der Waals surface area contributed by atoms with Crippen LogP contribution in [0.2, 0.25) is 0 Å². The number of rotatable bonds is 5. The van der Waals surface area contributed by atoms with Crippen molar-refractivity contribution in [2.45, 2.75) is 37.6 Å². The second-order valence-electron chi connectivity index (χ2n) is 7.10. The first-order valence-corrected chi connectivity index (χ1v) is 10.7.